The second-order valence-electron chi connectivity index (χ2n) is 5.05. The summed E-state index contributed by atoms with van der Waals surface area (Å²) in [6, 6.07) is 6.11. The molecule has 1 heterocycles. The van der Waals surface area contributed by atoms with E-state index in [4.69, 9.17) is 0 Å². The van der Waals surface area contributed by atoms with E-state index in [0.717, 1.165) is 6.42 Å². The van der Waals surface area contributed by atoms with Gasteiger partial charge in [-0.1, -0.05) is 12.1 Å². The van der Waals surface area contributed by atoms with Crippen LogP contribution in [0.2, 0.25) is 0 Å². The van der Waals surface area contributed by atoms with Gasteiger partial charge in [-0.2, -0.15) is 0 Å². The van der Waals surface area contributed by atoms with Gasteiger partial charge in [0.1, 0.15) is 5.82 Å². The summed E-state index contributed by atoms with van der Waals surface area (Å²) in [6.45, 7) is 4.01. The highest BCUT2D eigenvalue weighted by molar-refractivity contribution is 5.79. The van der Waals surface area contributed by atoms with Crippen LogP contribution in [0.4, 0.5) is 4.39 Å². The Bertz CT molecular complexity index is 504. The molecule has 0 aliphatic carbocycles. The largest absolute Gasteiger partial charge is 0.341 e. The van der Waals surface area contributed by atoms with Gasteiger partial charge in [-0.25, -0.2) is 4.39 Å². The molecule has 1 aromatic rings. The maximum atomic E-state index is 13.1. The van der Waals surface area contributed by atoms with Gasteiger partial charge in [-0.05, 0) is 24.1 Å². The van der Waals surface area contributed by atoms with E-state index in [0.29, 0.717) is 31.7 Å². The van der Waals surface area contributed by atoms with Crippen molar-refractivity contribution in [3.8, 4) is 0 Å². The fourth-order valence-corrected chi connectivity index (χ4v) is 2.42. The van der Waals surface area contributed by atoms with Gasteiger partial charge in [-0.15, -0.1) is 0 Å². The van der Waals surface area contributed by atoms with Crippen LogP contribution < -0.4 is 0 Å². The Kier molecular flexibility index (Phi) is 4.71. The lowest BCUT2D eigenvalue weighted by Gasteiger charge is -2.21. The fraction of sp³-hybridized carbons (Fsp3) is 0.467. The second kappa shape index (κ2) is 6.50. The van der Waals surface area contributed by atoms with Crippen molar-refractivity contribution in [3.63, 3.8) is 0 Å². The van der Waals surface area contributed by atoms with Crippen LogP contribution in [0, 0.1) is 5.82 Å². The molecule has 0 aromatic heterocycles. The Balaban J connectivity index is 1.94. The molecular formula is C15H19FN2O2. The molecule has 1 saturated heterocycles. The van der Waals surface area contributed by atoms with E-state index in [1.165, 1.54) is 12.1 Å². The van der Waals surface area contributed by atoms with Crippen LogP contribution in [0.25, 0.3) is 0 Å². The van der Waals surface area contributed by atoms with Crippen molar-refractivity contribution in [2.75, 3.05) is 26.2 Å². The summed E-state index contributed by atoms with van der Waals surface area (Å²) in [5.41, 5.74) is 0.683. The topological polar surface area (TPSA) is 40.6 Å². The second-order valence-corrected chi connectivity index (χ2v) is 5.05. The first kappa shape index (κ1) is 14.5. The summed E-state index contributed by atoms with van der Waals surface area (Å²) >= 11 is 0. The Morgan fingerprint density at radius 3 is 2.55 bits per heavy atom. The van der Waals surface area contributed by atoms with Gasteiger partial charge in [0.25, 0.3) is 0 Å². The van der Waals surface area contributed by atoms with Crippen LogP contribution in [-0.4, -0.2) is 47.8 Å². The average molecular weight is 278 g/mol. The summed E-state index contributed by atoms with van der Waals surface area (Å²) in [6.07, 6.45) is 0.992. The minimum atomic E-state index is -0.325. The number of amides is 2. The summed E-state index contributed by atoms with van der Waals surface area (Å²) in [5.74, 6) is -0.292. The minimum Gasteiger partial charge on any atom is -0.341 e. The Labute approximate surface area is 118 Å². The number of hydrogen-bond donors (Lipinski definition) is 0. The van der Waals surface area contributed by atoms with Crippen LogP contribution in [-0.2, 0) is 16.0 Å². The van der Waals surface area contributed by atoms with Gasteiger partial charge >= 0.3 is 0 Å². The van der Waals surface area contributed by atoms with Crippen molar-refractivity contribution in [1.29, 1.82) is 0 Å². The normalized spacial score (nSPS) is 15.9. The maximum Gasteiger partial charge on any atom is 0.227 e. The highest BCUT2D eigenvalue weighted by Gasteiger charge is 2.20. The van der Waals surface area contributed by atoms with E-state index < -0.39 is 0 Å². The third kappa shape index (κ3) is 3.79. The van der Waals surface area contributed by atoms with E-state index in [1.54, 1.807) is 28.9 Å². The molecule has 2 amide bonds. The first-order chi connectivity index (χ1) is 9.56. The number of hydrogen-bond acceptors (Lipinski definition) is 2. The third-order valence-electron chi connectivity index (χ3n) is 3.54. The van der Waals surface area contributed by atoms with E-state index in [-0.39, 0.29) is 24.1 Å². The molecular weight excluding hydrogens is 259 g/mol. The molecule has 0 unspecified atom stereocenters. The zero-order valence-electron chi connectivity index (χ0n) is 11.6. The van der Waals surface area contributed by atoms with Gasteiger partial charge in [0.15, 0.2) is 0 Å². The molecule has 20 heavy (non-hydrogen) atoms. The number of nitrogens with zero attached hydrogens (tertiary/aromatic N) is 2. The molecule has 108 valence electrons. The van der Waals surface area contributed by atoms with Crippen LogP contribution in [0.5, 0.6) is 0 Å². The smallest absolute Gasteiger partial charge is 0.227 e. The molecule has 1 fully saturated rings. The lowest BCUT2D eigenvalue weighted by molar-refractivity contribution is -0.132. The van der Waals surface area contributed by atoms with Crippen LogP contribution >= 0.6 is 0 Å². The Morgan fingerprint density at radius 1 is 1.15 bits per heavy atom. The molecule has 4 nitrogen and oxygen atoms in total. The van der Waals surface area contributed by atoms with Crippen LogP contribution in [0.3, 0.4) is 0 Å². The summed E-state index contributed by atoms with van der Waals surface area (Å²) in [4.78, 5) is 27.1. The molecule has 1 aliphatic heterocycles. The van der Waals surface area contributed by atoms with Crippen molar-refractivity contribution in [3.05, 3.63) is 35.6 Å². The van der Waals surface area contributed by atoms with Gasteiger partial charge in [0.2, 0.25) is 11.8 Å². The standard InChI is InChI=1S/C15H19FN2O2/c1-12(19)17-6-3-7-18(9-8-17)15(20)11-13-4-2-5-14(16)10-13/h2,4-5,10H,3,6-9,11H2,1H3. The molecule has 0 spiro atoms. The van der Waals surface area contributed by atoms with E-state index in [1.807, 2.05) is 0 Å². The van der Waals surface area contributed by atoms with Gasteiger partial charge in [0, 0.05) is 33.1 Å². The minimum absolute atomic E-state index is 0.0130. The number of rotatable bonds is 2. The van der Waals surface area contributed by atoms with E-state index in [9.17, 15) is 14.0 Å². The summed E-state index contributed by atoms with van der Waals surface area (Å²) in [7, 11) is 0. The molecule has 1 aliphatic rings. The molecule has 2 rings (SSSR count). The van der Waals surface area contributed by atoms with Crippen molar-refractivity contribution in [1.82, 2.24) is 9.80 Å². The van der Waals surface area contributed by atoms with Crippen molar-refractivity contribution < 1.29 is 14.0 Å². The molecule has 0 N–H and O–H groups in total. The zero-order chi connectivity index (χ0) is 14.5. The quantitative estimate of drug-likeness (QED) is 0.821. The van der Waals surface area contributed by atoms with Gasteiger partial charge in [0.05, 0.1) is 6.42 Å². The average Bonchev–Trinajstić information content (AvgIpc) is 2.64. The molecule has 0 saturated carbocycles. The van der Waals surface area contributed by atoms with Crippen molar-refractivity contribution in [2.45, 2.75) is 19.8 Å². The predicted molar refractivity (Wildman–Crippen MR) is 73.6 cm³/mol. The first-order valence-corrected chi connectivity index (χ1v) is 6.84. The number of benzene rings is 1. The van der Waals surface area contributed by atoms with Crippen LogP contribution in [0.15, 0.2) is 24.3 Å². The summed E-state index contributed by atoms with van der Waals surface area (Å²) in [5, 5.41) is 0. The SMILES string of the molecule is CC(=O)N1CCCN(C(=O)Cc2cccc(F)c2)CC1. The van der Waals surface area contributed by atoms with Crippen molar-refractivity contribution in [2.24, 2.45) is 0 Å². The molecule has 1 aromatic carbocycles. The molecule has 5 heteroatoms. The van der Waals surface area contributed by atoms with Crippen molar-refractivity contribution >= 4 is 11.8 Å². The fourth-order valence-electron chi connectivity index (χ4n) is 2.42. The Morgan fingerprint density at radius 2 is 1.85 bits per heavy atom. The lowest BCUT2D eigenvalue weighted by atomic mass is 10.1. The monoisotopic (exact) mass is 278 g/mol. The Hall–Kier alpha value is -1.91. The molecule has 0 bridgehead atoms. The van der Waals surface area contributed by atoms with E-state index in [2.05, 4.69) is 0 Å². The predicted octanol–water partition coefficient (Wildman–Crippen LogP) is 1.45. The lowest BCUT2D eigenvalue weighted by Crippen LogP contribution is -2.37. The highest BCUT2D eigenvalue weighted by Crippen LogP contribution is 2.09. The molecule has 0 radical (unpaired) electrons. The van der Waals surface area contributed by atoms with Crippen LogP contribution in [0.1, 0.15) is 18.9 Å². The molecule has 0 atom stereocenters. The number of halogens is 1. The maximum absolute atomic E-state index is 13.1. The van der Waals surface area contributed by atoms with Gasteiger partial charge in [-0.3, -0.25) is 9.59 Å². The van der Waals surface area contributed by atoms with E-state index >= 15 is 0 Å². The summed E-state index contributed by atoms with van der Waals surface area (Å²) < 4.78 is 13.1. The number of carbonyl (C=O) groups excluding carboxylic acids is 2. The third-order valence-corrected chi connectivity index (χ3v) is 3.54. The van der Waals surface area contributed by atoms with Gasteiger partial charge < -0.3 is 9.80 Å². The highest BCUT2D eigenvalue weighted by atomic mass is 19.1. The zero-order valence-corrected chi connectivity index (χ0v) is 11.6. The number of carbonyl (C=O) groups is 2. The first-order valence-electron chi connectivity index (χ1n) is 6.84.